The number of rotatable bonds is 4. The van der Waals surface area contributed by atoms with Gasteiger partial charge in [0.15, 0.2) is 0 Å². The zero-order chi connectivity index (χ0) is 13.0. The number of nitrogens with one attached hydrogen (secondary N) is 1. The second kappa shape index (κ2) is 6.38. The molecule has 0 saturated heterocycles. The molecular formula is C17H27N. The molecule has 0 aromatic heterocycles. The van der Waals surface area contributed by atoms with Crippen molar-refractivity contribution in [2.75, 3.05) is 7.05 Å². The van der Waals surface area contributed by atoms with Gasteiger partial charge in [0.1, 0.15) is 0 Å². The van der Waals surface area contributed by atoms with Gasteiger partial charge in [0.05, 0.1) is 0 Å². The summed E-state index contributed by atoms with van der Waals surface area (Å²) in [5.74, 6) is 1.51. The van der Waals surface area contributed by atoms with Crippen molar-refractivity contribution < 1.29 is 0 Å². The molecule has 0 radical (unpaired) electrons. The van der Waals surface area contributed by atoms with Crippen LogP contribution in [-0.2, 0) is 6.42 Å². The summed E-state index contributed by atoms with van der Waals surface area (Å²) < 4.78 is 0. The molecule has 1 N–H and O–H groups in total. The lowest BCUT2D eigenvalue weighted by Crippen LogP contribution is -2.30. The zero-order valence-electron chi connectivity index (χ0n) is 12.1. The molecule has 1 saturated carbocycles. The van der Waals surface area contributed by atoms with Gasteiger partial charge in [-0.15, -0.1) is 0 Å². The van der Waals surface area contributed by atoms with Crippen molar-refractivity contribution in [1.29, 1.82) is 0 Å². The molecule has 1 heteroatoms. The van der Waals surface area contributed by atoms with Gasteiger partial charge in [-0.05, 0) is 55.7 Å². The van der Waals surface area contributed by atoms with E-state index in [4.69, 9.17) is 0 Å². The van der Waals surface area contributed by atoms with E-state index in [1.54, 1.807) is 5.56 Å². The Kier molecular flexibility index (Phi) is 4.82. The van der Waals surface area contributed by atoms with E-state index in [9.17, 15) is 0 Å². The molecule has 0 spiro atoms. The van der Waals surface area contributed by atoms with Gasteiger partial charge in [-0.1, -0.05) is 44.5 Å². The van der Waals surface area contributed by atoms with Gasteiger partial charge >= 0.3 is 0 Å². The molecule has 0 heterocycles. The summed E-state index contributed by atoms with van der Waals surface area (Å²) in [6.45, 7) is 4.59. The van der Waals surface area contributed by atoms with Gasteiger partial charge in [-0.25, -0.2) is 0 Å². The number of benzene rings is 1. The first-order chi connectivity index (χ1) is 8.69. The predicted octanol–water partition coefficient (Wildman–Crippen LogP) is 4.13. The molecule has 0 aliphatic heterocycles. The van der Waals surface area contributed by atoms with Crippen LogP contribution in [0.3, 0.4) is 0 Å². The zero-order valence-corrected chi connectivity index (χ0v) is 12.1. The van der Waals surface area contributed by atoms with Crippen LogP contribution in [0, 0.1) is 5.92 Å². The lowest BCUT2D eigenvalue weighted by molar-refractivity contribution is 0.355. The van der Waals surface area contributed by atoms with Crippen molar-refractivity contribution in [2.24, 2.45) is 5.92 Å². The van der Waals surface area contributed by atoms with E-state index >= 15 is 0 Å². The fourth-order valence-corrected chi connectivity index (χ4v) is 3.20. The van der Waals surface area contributed by atoms with E-state index in [1.807, 2.05) is 0 Å². The monoisotopic (exact) mass is 245 g/mol. The van der Waals surface area contributed by atoms with Crippen LogP contribution in [0.4, 0.5) is 0 Å². The Labute approximate surface area is 112 Å². The highest BCUT2D eigenvalue weighted by Gasteiger charge is 2.22. The molecule has 0 amide bonds. The molecule has 2 rings (SSSR count). The minimum Gasteiger partial charge on any atom is -0.317 e. The molecule has 1 aromatic carbocycles. The third-order valence-corrected chi connectivity index (χ3v) is 4.15. The first kappa shape index (κ1) is 13.6. The Morgan fingerprint density at radius 2 is 2.11 bits per heavy atom. The van der Waals surface area contributed by atoms with Crippen molar-refractivity contribution in [3.8, 4) is 0 Å². The third-order valence-electron chi connectivity index (χ3n) is 4.15. The van der Waals surface area contributed by atoms with Crippen molar-refractivity contribution in [3.05, 3.63) is 35.4 Å². The summed E-state index contributed by atoms with van der Waals surface area (Å²) in [5.41, 5.74) is 3.07. The van der Waals surface area contributed by atoms with Crippen molar-refractivity contribution in [3.63, 3.8) is 0 Å². The van der Waals surface area contributed by atoms with Gasteiger partial charge in [-0.3, -0.25) is 0 Å². The minimum atomic E-state index is 0.720. The smallest absolute Gasteiger partial charge is 0.00698 e. The predicted molar refractivity (Wildman–Crippen MR) is 79.0 cm³/mol. The summed E-state index contributed by atoms with van der Waals surface area (Å²) >= 11 is 0. The van der Waals surface area contributed by atoms with E-state index in [0.717, 1.165) is 17.9 Å². The highest BCUT2D eigenvalue weighted by molar-refractivity contribution is 5.27. The summed E-state index contributed by atoms with van der Waals surface area (Å²) in [4.78, 5) is 0. The Morgan fingerprint density at radius 3 is 2.83 bits per heavy atom. The highest BCUT2D eigenvalue weighted by Crippen LogP contribution is 2.33. The molecule has 18 heavy (non-hydrogen) atoms. The van der Waals surface area contributed by atoms with E-state index < -0.39 is 0 Å². The largest absolute Gasteiger partial charge is 0.317 e. The minimum absolute atomic E-state index is 0.720. The van der Waals surface area contributed by atoms with Crippen LogP contribution in [0.25, 0.3) is 0 Å². The molecule has 2 atom stereocenters. The van der Waals surface area contributed by atoms with Gasteiger partial charge in [0.2, 0.25) is 0 Å². The molecule has 2 unspecified atom stereocenters. The SMILES string of the molecule is CNC1CCCC(c2cccc(CC(C)C)c2)C1. The Balaban J connectivity index is 2.07. The normalized spacial score (nSPS) is 24.4. The Morgan fingerprint density at radius 1 is 1.28 bits per heavy atom. The quantitative estimate of drug-likeness (QED) is 0.841. The van der Waals surface area contributed by atoms with E-state index in [2.05, 4.69) is 50.5 Å². The fourth-order valence-electron chi connectivity index (χ4n) is 3.20. The summed E-state index contributed by atoms with van der Waals surface area (Å²) in [6, 6.07) is 10.0. The Hall–Kier alpha value is -0.820. The van der Waals surface area contributed by atoms with Crippen molar-refractivity contribution in [1.82, 2.24) is 5.32 Å². The fraction of sp³-hybridized carbons (Fsp3) is 0.647. The third kappa shape index (κ3) is 3.58. The molecule has 0 bridgehead atoms. The maximum Gasteiger partial charge on any atom is 0.00698 e. The maximum absolute atomic E-state index is 3.45. The average molecular weight is 245 g/mol. The van der Waals surface area contributed by atoms with E-state index in [1.165, 1.54) is 37.7 Å². The molecule has 1 aromatic rings. The van der Waals surface area contributed by atoms with E-state index in [-0.39, 0.29) is 0 Å². The molecule has 1 aliphatic rings. The van der Waals surface area contributed by atoms with E-state index in [0.29, 0.717) is 0 Å². The van der Waals surface area contributed by atoms with Gasteiger partial charge in [0, 0.05) is 6.04 Å². The summed E-state index contributed by atoms with van der Waals surface area (Å²) in [6.07, 6.45) is 6.59. The highest BCUT2D eigenvalue weighted by atomic mass is 14.9. The molecule has 100 valence electrons. The first-order valence-electron chi connectivity index (χ1n) is 7.45. The molecule has 1 nitrogen and oxygen atoms in total. The van der Waals surface area contributed by atoms with Gasteiger partial charge in [-0.2, -0.15) is 0 Å². The topological polar surface area (TPSA) is 12.0 Å². The average Bonchev–Trinajstić information content (AvgIpc) is 2.38. The lowest BCUT2D eigenvalue weighted by atomic mass is 9.81. The van der Waals surface area contributed by atoms with Crippen LogP contribution >= 0.6 is 0 Å². The Bertz CT molecular complexity index is 370. The van der Waals surface area contributed by atoms with Gasteiger partial charge in [0.25, 0.3) is 0 Å². The van der Waals surface area contributed by atoms with Crippen molar-refractivity contribution in [2.45, 2.75) is 57.9 Å². The van der Waals surface area contributed by atoms with Crippen LogP contribution in [0.2, 0.25) is 0 Å². The van der Waals surface area contributed by atoms with Crippen LogP contribution in [0.5, 0.6) is 0 Å². The van der Waals surface area contributed by atoms with Crippen molar-refractivity contribution >= 4 is 0 Å². The second-order valence-corrected chi connectivity index (χ2v) is 6.19. The van der Waals surface area contributed by atoms with Gasteiger partial charge < -0.3 is 5.32 Å². The molecular weight excluding hydrogens is 218 g/mol. The summed E-state index contributed by atoms with van der Waals surface area (Å²) in [7, 11) is 2.10. The lowest BCUT2D eigenvalue weighted by Gasteiger charge is -2.29. The number of hydrogen-bond acceptors (Lipinski definition) is 1. The maximum atomic E-state index is 3.45. The second-order valence-electron chi connectivity index (χ2n) is 6.19. The standard InChI is InChI=1S/C17H27N/c1-13(2)10-14-6-4-7-15(11-14)16-8-5-9-17(12-16)18-3/h4,6-7,11,13,16-18H,5,8-10,12H2,1-3H3. The van der Waals surface area contributed by atoms with Crippen LogP contribution in [0.1, 0.15) is 56.6 Å². The molecule has 1 aliphatic carbocycles. The molecule has 1 fully saturated rings. The number of hydrogen-bond donors (Lipinski definition) is 1. The van der Waals surface area contributed by atoms with Crippen LogP contribution in [0.15, 0.2) is 24.3 Å². The first-order valence-corrected chi connectivity index (χ1v) is 7.45. The summed E-state index contributed by atoms with van der Waals surface area (Å²) in [5, 5.41) is 3.45. The van der Waals surface area contributed by atoms with Crippen LogP contribution in [-0.4, -0.2) is 13.1 Å². The van der Waals surface area contributed by atoms with Crippen LogP contribution < -0.4 is 5.32 Å².